The van der Waals surface area contributed by atoms with Crippen LogP contribution in [0.25, 0.3) is 12.2 Å². The molecule has 2 aromatic rings. The maximum absolute atomic E-state index is 11.8. The minimum absolute atomic E-state index is 0.133. The highest BCUT2D eigenvalue weighted by atomic mass is 16.1. The van der Waals surface area contributed by atoms with Gasteiger partial charge in [0.1, 0.15) is 0 Å². The summed E-state index contributed by atoms with van der Waals surface area (Å²) in [4.78, 5) is 11.8. The number of hydrogen-bond donors (Lipinski definition) is 1. The molecule has 0 aromatic heterocycles. The summed E-state index contributed by atoms with van der Waals surface area (Å²) in [7, 11) is 0. The van der Waals surface area contributed by atoms with Crippen molar-refractivity contribution in [3.05, 3.63) is 77.9 Å². The van der Waals surface area contributed by atoms with Crippen LogP contribution in [-0.2, 0) is 4.79 Å². The van der Waals surface area contributed by atoms with E-state index in [1.165, 1.54) is 6.08 Å². The highest BCUT2D eigenvalue weighted by Crippen LogP contribution is 2.12. The summed E-state index contributed by atoms with van der Waals surface area (Å²) in [5.74, 6) is -0.133. The number of rotatable bonds is 4. The van der Waals surface area contributed by atoms with E-state index in [0.717, 1.165) is 16.8 Å². The molecule has 0 heterocycles. The van der Waals surface area contributed by atoms with E-state index in [4.69, 9.17) is 0 Å². The maximum Gasteiger partial charge on any atom is 0.248 e. The van der Waals surface area contributed by atoms with Crippen LogP contribution in [0.2, 0.25) is 0 Å². The van der Waals surface area contributed by atoms with Crippen molar-refractivity contribution in [2.45, 2.75) is 6.92 Å². The Morgan fingerprint density at radius 1 is 0.950 bits per heavy atom. The van der Waals surface area contributed by atoms with E-state index >= 15 is 0 Å². The Bertz CT molecular complexity index is 627. The minimum atomic E-state index is -0.133. The van der Waals surface area contributed by atoms with Crippen LogP contribution in [0.4, 0.5) is 5.69 Å². The molecule has 100 valence electrons. The number of nitrogens with one attached hydrogen (secondary N) is 1. The fourth-order valence-electron chi connectivity index (χ4n) is 1.83. The minimum Gasteiger partial charge on any atom is -0.322 e. The molecule has 2 heteroatoms. The standard InChI is InChI=1S/C18H17NO/c1-2-7-16-10-6-11-17(14-16)19-18(20)13-12-15-8-4-3-5-9-15/h2-14H,1H3,(H,19,20). The Hall–Kier alpha value is -2.61. The van der Waals surface area contributed by atoms with Crippen molar-refractivity contribution >= 4 is 23.7 Å². The van der Waals surface area contributed by atoms with E-state index in [0.29, 0.717) is 0 Å². The molecule has 0 radical (unpaired) electrons. The number of benzene rings is 2. The number of allylic oxidation sites excluding steroid dienone is 1. The molecular weight excluding hydrogens is 246 g/mol. The van der Waals surface area contributed by atoms with Gasteiger partial charge in [0.2, 0.25) is 5.91 Å². The van der Waals surface area contributed by atoms with Gasteiger partial charge in [-0.05, 0) is 36.3 Å². The first-order chi connectivity index (χ1) is 9.78. The number of amides is 1. The Morgan fingerprint density at radius 3 is 2.45 bits per heavy atom. The van der Waals surface area contributed by atoms with Crippen LogP contribution in [-0.4, -0.2) is 5.91 Å². The van der Waals surface area contributed by atoms with Gasteiger partial charge in [-0.3, -0.25) is 4.79 Å². The molecule has 0 bridgehead atoms. The van der Waals surface area contributed by atoms with Crippen LogP contribution in [0.3, 0.4) is 0 Å². The molecule has 0 atom stereocenters. The van der Waals surface area contributed by atoms with E-state index in [9.17, 15) is 4.79 Å². The molecule has 2 rings (SSSR count). The fourth-order valence-corrected chi connectivity index (χ4v) is 1.83. The Morgan fingerprint density at radius 2 is 1.70 bits per heavy atom. The molecular formula is C18H17NO. The highest BCUT2D eigenvalue weighted by Gasteiger charge is 1.98. The number of carbonyl (C=O) groups excluding carboxylic acids is 1. The van der Waals surface area contributed by atoms with Gasteiger partial charge in [0.05, 0.1) is 0 Å². The molecule has 0 saturated carbocycles. The van der Waals surface area contributed by atoms with Crippen molar-refractivity contribution < 1.29 is 4.79 Å². The lowest BCUT2D eigenvalue weighted by Crippen LogP contribution is -2.07. The lowest BCUT2D eigenvalue weighted by atomic mass is 10.2. The maximum atomic E-state index is 11.8. The van der Waals surface area contributed by atoms with Crippen LogP contribution < -0.4 is 5.32 Å². The summed E-state index contributed by atoms with van der Waals surface area (Å²) in [5, 5.41) is 2.85. The number of hydrogen-bond acceptors (Lipinski definition) is 1. The molecule has 2 aromatic carbocycles. The van der Waals surface area contributed by atoms with Gasteiger partial charge in [-0.2, -0.15) is 0 Å². The summed E-state index contributed by atoms with van der Waals surface area (Å²) < 4.78 is 0. The molecule has 0 aliphatic heterocycles. The van der Waals surface area contributed by atoms with Gasteiger partial charge in [0, 0.05) is 11.8 Å². The van der Waals surface area contributed by atoms with Crippen molar-refractivity contribution in [3.63, 3.8) is 0 Å². The lowest BCUT2D eigenvalue weighted by Gasteiger charge is -2.03. The Balaban J connectivity index is 2.01. The second-order valence-electron chi connectivity index (χ2n) is 4.36. The number of carbonyl (C=O) groups is 1. The molecule has 1 amide bonds. The first-order valence-corrected chi connectivity index (χ1v) is 6.55. The third kappa shape index (κ3) is 4.25. The van der Waals surface area contributed by atoms with Crippen LogP contribution >= 0.6 is 0 Å². The van der Waals surface area contributed by atoms with Crippen molar-refractivity contribution in [2.24, 2.45) is 0 Å². The topological polar surface area (TPSA) is 29.1 Å². The average Bonchev–Trinajstić information content (AvgIpc) is 2.47. The third-order valence-electron chi connectivity index (χ3n) is 2.74. The predicted octanol–water partition coefficient (Wildman–Crippen LogP) is 4.37. The van der Waals surface area contributed by atoms with Crippen molar-refractivity contribution in [2.75, 3.05) is 5.32 Å². The molecule has 20 heavy (non-hydrogen) atoms. The first-order valence-electron chi connectivity index (χ1n) is 6.55. The average molecular weight is 263 g/mol. The molecule has 0 spiro atoms. The van der Waals surface area contributed by atoms with Gasteiger partial charge in [-0.15, -0.1) is 0 Å². The Kier molecular flexibility index (Phi) is 4.90. The van der Waals surface area contributed by atoms with Gasteiger partial charge in [0.25, 0.3) is 0 Å². The SMILES string of the molecule is CC=Cc1cccc(NC(=O)C=Cc2ccccc2)c1. The van der Waals surface area contributed by atoms with Crippen molar-refractivity contribution in [1.82, 2.24) is 0 Å². The van der Waals surface area contributed by atoms with Gasteiger partial charge in [-0.25, -0.2) is 0 Å². The van der Waals surface area contributed by atoms with E-state index in [1.54, 1.807) is 6.08 Å². The van der Waals surface area contributed by atoms with Crippen molar-refractivity contribution in [1.29, 1.82) is 0 Å². The largest absolute Gasteiger partial charge is 0.322 e. The van der Waals surface area contributed by atoms with Gasteiger partial charge < -0.3 is 5.32 Å². The molecule has 0 saturated heterocycles. The second kappa shape index (κ2) is 7.10. The zero-order chi connectivity index (χ0) is 14.2. The van der Waals surface area contributed by atoms with Gasteiger partial charge in [0.15, 0.2) is 0 Å². The molecule has 2 nitrogen and oxygen atoms in total. The molecule has 0 fully saturated rings. The summed E-state index contributed by atoms with van der Waals surface area (Å²) in [6.45, 7) is 1.97. The molecule has 1 N–H and O–H groups in total. The second-order valence-corrected chi connectivity index (χ2v) is 4.36. The Labute approximate surface area is 119 Å². The molecule has 0 aliphatic carbocycles. The van der Waals surface area contributed by atoms with Gasteiger partial charge >= 0.3 is 0 Å². The van der Waals surface area contributed by atoms with Crippen molar-refractivity contribution in [3.8, 4) is 0 Å². The van der Waals surface area contributed by atoms with Crippen LogP contribution in [0.15, 0.2) is 66.7 Å². The summed E-state index contributed by atoms with van der Waals surface area (Å²) in [5.41, 5.74) is 2.87. The molecule has 0 unspecified atom stereocenters. The quantitative estimate of drug-likeness (QED) is 0.815. The third-order valence-corrected chi connectivity index (χ3v) is 2.74. The summed E-state index contributed by atoms with van der Waals surface area (Å²) in [6, 6.07) is 17.5. The zero-order valence-corrected chi connectivity index (χ0v) is 11.4. The lowest BCUT2D eigenvalue weighted by molar-refractivity contribution is -0.111. The van der Waals surface area contributed by atoms with E-state index in [1.807, 2.05) is 73.7 Å². The molecule has 0 aliphatic rings. The zero-order valence-electron chi connectivity index (χ0n) is 11.4. The van der Waals surface area contributed by atoms with E-state index < -0.39 is 0 Å². The highest BCUT2D eigenvalue weighted by molar-refractivity contribution is 6.02. The predicted molar refractivity (Wildman–Crippen MR) is 85.3 cm³/mol. The van der Waals surface area contributed by atoms with Crippen LogP contribution in [0, 0.1) is 0 Å². The summed E-state index contributed by atoms with van der Waals surface area (Å²) in [6.07, 6.45) is 7.30. The van der Waals surface area contributed by atoms with E-state index in [2.05, 4.69) is 5.32 Å². The van der Waals surface area contributed by atoms with Crippen LogP contribution in [0.5, 0.6) is 0 Å². The van der Waals surface area contributed by atoms with Crippen LogP contribution in [0.1, 0.15) is 18.1 Å². The fraction of sp³-hybridized carbons (Fsp3) is 0.0556. The summed E-state index contributed by atoms with van der Waals surface area (Å²) >= 11 is 0. The first kappa shape index (κ1) is 13.8. The number of anilines is 1. The normalized spacial score (nSPS) is 11.1. The monoisotopic (exact) mass is 263 g/mol. The van der Waals surface area contributed by atoms with E-state index in [-0.39, 0.29) is 5.91 Å². The van der Waals surface area contributed by atoms with Gasteiger partial charge in [-0.1, -0.05) is 54.6 Å². The smallest absolute Gasteiger partial charge is 0.248 e.